The van der Waals surface area contributed by atoms with Crippen LogP contribution in [-0.2, 0) is 4.74 Å². The SMILES string of the molecule is Clc1nc(N2CCOCC2)c2cc(Br)ccc2n1. The number of hydrogen-bond acceptors (Lipinski definition) is 4. The summed E-state index contributed by atoms with van der Waals surface area (Å²) in [5.41, 5.74) is 0.861. The van der Waals surface area contributed by atoms with Crippen molar-refractivity contribution in [3.63, 3.8) is 0 Å². The van der Waals surface area contributed by atoms with Gasteiger partial charge in [-0.2, -0.15) is 4.98 Å². The predicted octanol–water partition coefficient (Wildman–Crippen LogP) is 2.88. The summed E-state index contributed by atoms with van der Waals surface area (Å²) >= 11 is 9.47. The average molecular weight is 329 g/mol. The summed E-state index contributed by atoms with van der Waals surface area (Å²) in [5, 5.41) is 1.29. The van der Waals surface area contributed by atoms with E-state index in [4.69, 9.17) is 16.3 Å². The summed E-state index contributed by atoms with van der Waals surface area (Å²) in [6.45, 7) is 3.10. The summed E-state index contributed by atoms with van der Waals surface area (Å²) < 4.78 is 6.37. The van der Waals surface area contributed by atoms with Crippen LogP contribution in [0.4, 0.5) is 5.82 Å². The van der Waals surface area contributed by atoms with Crippen LogP contribution in [0.15, 0.2) is 22.7 Å². The van der Waals surface area contributed by atoms with E-state index in [0.29, 0.717) is 0 Å². The maximum Gasteiger partial charge on any atom is 0.224 e. The first-order chi connectivity index (χ1) is 8.74. The van der Waals surface area contributed by atoms with Crippen LogP contribution in [0.2, 0.25) is 5.28 Å². The van der Waals surface area contributed by atoms with Gasteiger partial charge in [-0.3, -0.25) is 0 Å². The number of morpholine rings is 1. The maximum atomic E-state index is 5.99. The zero-order valence-electron chi connectivity index (χ0n) is 9.57. The number of fused-ring (bicyclic) bond motifs is 1. The monoisotopic (exact) mass is 327 g/mol. The van der Waals surface area contributed by atoms with Crippen LogP contribution >= 0.6 is 27.5 Å². The van der Waals surface area contributed by atoms with E-state index in [9.17, 15) is 0 Å². The zero-order chi connectivity index (χ0) is 12.5. The molecular weight excluding hydrogens is 318 g/mol. The molecule has 1 aliphatic rings. The number of ether oxygens (including phenoxy) is 1. The largest absolute Gasteiger partial charge is 0.378 e. The van der Waals surface area contributed by atoms with E-state index in [-0.39, 0.29) is 5.28 Å². The molecule has 2 aromatic rings. The number of rotatable bonds is 1. The van der Waals surface area contributed by atoms with Crippen molar-refractivity contribution in [2.45, 2.75) is 0 Å². The third kappa shape index (κ3) is 2.30. The molecule has 1 saturated heterocycles. The fourth-order valence-electron chi connectivity index (χ4n) is 2.07. The number of benzene rings is 1. The van der Waals surface area contributed by atoms with E-state index in [1.807, 2.05) is 18.2 Å². The third-order valence-corrected chi connectivity index (χ3v) is 3.58. The molecule has 1 aromatic carbocycles. The lowest BCUT2D eigenvalue weighted by atomic mass is 10.2. The van der Waals surface area contributed by atoms with Crippen molar-refractivity contribution < 1.29 is 4.74 Å². The van der Waals surface area contributed by atoms with Crippen LogP contribution in [0, 0.1) is 0 Å². The van der Waals surface area contributed by atoms with Crippen molar-refractivity contribution in [3.8, 4) is 0 Å². The van der Waals surface area contributed by atoms with Crippen molar-refractivity contribution in [1.82, 2.24) is 9.97 Å². The lowest BCUT2D eigenvalue weighted by Crippen LogP contribution is -2.37. The second kappa shape index (κ2) is 4.99. The standard InChI is InChI=1S/C12H11BrClN3O/c13-8-1-2-10-9(7-8)11(16-12(14)15-10)17-3-5-18-6-4-17/h1-2,7H,3-6H2. The van der Waals surface area contributed by atoms with Crippen molar-refractivity contribution in [2.24, 2.45) is 0 Å². The molecule has 0 aliphatic carbocycles. The summed E-state index contributed by atoms with van der Waals surface area (Å²) in [7, 11) is 0. The van der Waals surface area contributed by atoms with Crippen LogP contribution in [0.1, 0.15) is 0 Å². The van der Waals surface area contributed by atoms with E-state index < -0.39 is 0 Å². The van der Waals surface area contributed by atoms with Crippen molar-refractivity contribution >= 4 is 44.3 Å². The molecule has 1 aliphatic heterocycles. The van der Waals surface area contributed by atoms with Gasteiger partial charge in [-0.15, -0.1) is 0 Å². The fraction of sp³-hybridized carbons (Fsp3) is 0.333. The predicted molar refractivity (Wildman–Crippen MR) is 75.3 cm³/mol. The van der Waals surface area contributed by atoms with Crippen LogP contribution in [0.25, 0.3) is 10.9 Å². The lowest BCUT2D eigenvalue weighted by Gasteiger charge is -2.28. The lowest BCUT2D eigenvalue weighted by molar-refractivity contribution is 0.122. The van der Waals surface area contributed by atoms with Gasteiger partial charge in [0.15, 0.2) is 0 Å². The van der Waals surface area contributed by atoms with Crippen LogP contribution < -0.4 is 4.90 Å². The molecule has 3 rings (SSSR count). The molecule has 0 atom stereocenters. The number of nitrogens with zero attached hydrogens (tertiary/aromatic N) is 3. The molecule has 0 saturated carbocycles. The third-order valence-electron chi connectivity index (χ3n) is 2.92. The molecule has 4 nitrogen and oxygen atoms in total. The molecule has 1 aromatic heterocycles. The fourth-order valence-corrected chi connectivity index (χ4v) is 2.61. The number of aromatic nitrogens is 2. The van der Waals surface area contributed by atoms with Gasteiger partial charge >= 0.3 is 0 Å². The van der Waals surface area contributed by atoms with Gasteiger partial charge in [0.25, 0.3) is 0 Å². The number of anilines is 1. The molecule has 0 N–H and O–H groups in total. The highest BCUT2D eigenvalue weighted by atomic mass is 79.9. The van der Waals surface area contributed by atoms with Gasteiger partial charge in [-0.1, -0.05) is 15.9 Å². The molecule has 18 heavy (non-hydrogen) atoms. The smallest absolute Gasteiger partial charge is 0.224 e. The minimum absolute atomic E-state index is 0.284. The summed E-state index contributed by atoms with van der Waals surface area (Å²) in [6.07, 6.45) is 0. The van der Waals surface area contributed by atoms with Crippen molar-refractivity contribution in [3.05, 3.63) is 28.0 Å². The second-order valence-electron chi connectivity index (χ2n) is 4.08. The summed E-state index contributed by atoms with van der Waals surface area (Å²) in [4.78, 5) is 10.8. The zero-order valence-corrected chi connectivity index (χ0v) is 11.9. The van der Waals surface area contributed by atoms with Gasteiger partial charge in [-0.25, -0.2) is 4.98 Å². The highest BCUT2D eigenvalue weighted by Crippen LogP contribution is 2.28. The van der Waals surface area contributed by atoms with E-state index in [1.54, 1.807) is 0 Å². The van der Waals surface area contributed by atoms with Gasteiger partial charge in [0.2, 0.25) is 5.28 Å². The molecule has 0 bridgehead atoms. The molecule has 0 unspecified atom stereocenters. The van der Waals surface area contributed by atoms with Crippen LogP contribution in [-0.4, -0.2) is 36.3 Å². The Hall–Kier alpha value is -0.910. The number of halogens is 2. The molecule has 94 valence electrons. The van der Waals surface area contributed by atoms with Crippen LogP contribution in [0.3, 0.4) is 0 Å². The Morgan fingerprint density at radius 3 is 2.78 bits per heavy atom. The Kier molecular flexibility index (Phi) is 3.37. The quantitative estimate of drug-likeness (QED) is 0.755. The Labute approximate surface area is 118 Å². The van der Waals surface area contributed by atoms with Crippen molar-refractivity contribution in [2.75, 3.05) is 31.2 Å². The van der Waals surface area contributed by atoms with Gasteiger partial charge in [0.05, 0.1) is 18.7 Å². The van der Waals surface area contributed by atoms with E-state index in [1.165, 1.54) is 0 Å². The molecule has 0 amide bonds. The van der Waals surface area contributed by atoms with Crippen LogP contribution in [0.5, 0.6) is 0 Å². The first kappa shape index (κ1) is 12.1. The molecule has 0 radical (unpaired) electrons. The first-order valence-corrected chi connectivity index (χ1v) is 6.86. The Morgan fingerprint density at radius 2 is 2.00 bits per heavy atom. The average Bonchev–Trinajstić information content (AvgIpc) is 2.39. The van der Waals surface area contributed by atoms with Gasteiger partial charge in [0.1, 0.15) is 5.82 Å². The summed E-state index contributed by atoms with van der Waals surface area (Å²) in [6, 6.07) is 5.92. The molecule has 2 heterocycles. The Morgan fingerprint density at radius 1 is 1.22 bits per heavy atom. The molecule has 0 spiro atoms. The maximum absolute atomic E-state index is 5.99. The van der Waals surface area contributed by atoms with E-state index in [0.717, 1.165) is 47.5 Å². The highest BCUT2D eigenvalue weighted by molar-refractivity contribution is 9.10. The Balaban J connectivity index is 2.16. The topological polar surface area (TPSA) is 38.2 Å². The van der Waals surface area contributed by atoms with E-state index in [2.05, 4.69) is 30.8 Å². The number of hydrogen-bond donors (Lipinski definition) is 0. The highest BCUT2D eigenvalue weighted by Gasteiger charge is 2.17. The normalized spacial score (nSPS) is 16.2. The Bertz CT molecular complexity index is 587. The van der Waals surface area contributed by atoms with Gasteiger partial charge in [0, 0.05) is 22.9 Å². The minimum Gasteiger partial charge on any atom is -0.378 e. The summed E-state index contributed by atoms with van der Waals surface area (Å²) in [5.74, 6) is 0.884. The molecule has 1 fully saturated rings. The minimum atomic E-state index is 0.284. The second-order valence-corrected chi connectivity index (χ2v) is 5.33. The first-order valence-electron chi connectivity index (χ1n) is 5.69. The van der Waals surface area contributed by atoms with E-state index >= 15 is 0 Å². The molecular formula is C12H11BrClN3O. The molecule has 6 heteroatoms. The van der Waals surface area contributed by atoms with Gasteiger partial charge in [-0.05, 0) is 29.8 Å². The van der Waals surface area contributed by atoms with Gasteiger partial charge < -0.3 is 9.64 Å². The van der Waals surface area contributed by atoms with Crippen molar-refractivity contribution in [1.29, 1.82) is 0 Å².